The van der Waals surface area contributed by atoms with Crippen LogP contribution in [-0.4, -0.2) is 105 Å². The molecule has 1 atom stereocenters. The van der Waals surface area contributed by atoms with Crippen molar-refractivity contribution in [2.24, 2.45) is 0 Å². The molecule has 0 aromatic rings. The van der Waals surface area contributed by atoms with E-state index in [4.69, 9.17) is 39.6 Å². The first-order valence-electron chi connectivity index (χ1n) is 9.94. The van der Waals surface area contributed by atoms with Gasteiger partial charge in [-0.1, -0.05) is 5.92 Å². The van der Waals surface area contributed by atoms with Crippen molar-refractivity contribution in [1.29, 1.82) is 0 Å². The Kier molecular flexibility index (Phi) is 21.4. The van der Waals surface area contributed by atoms with Gasteiger partial charge < -0.3 is 47.1 Å². The first-order valence-corrected chi connectivity index (χ1v) is 11.9. The topological polar surface area (TPSA) is 131 Å². The molecule has 0 rings (SSSR count). The van der Waals surface area contributed by atoms with Crippen molar-refractivity contribution in [3.63, 3.8) is 0 Å². The van der Waals surface area contributed by atoms with Gasteiger partial charge in [0.25, 0.3) is 0 Å². The van der Waals surface area contributed by atoms with Crippen LogP contribution in [0.5, 0.6) is 0 Å². The van der Waals surface area contributed by atoms with Crippen LogP contribution in [0.15, 0.2) is 0 Å². The molecule has 182 valence electrons. The molecule has 0 heterocycles. The first kappa shape index (κ1) is 29.9. The molecular weight excluding hydrogens is 435 g/mol. The molecule has 0 aliphatic carbocycles. The van der Waals surface area contributed by atoms with Gasteiger partial charge in [-0.3, -0.25) is 4.79 Å². The summed E-state index contributed by atoms with van der Waals surface area (Å²) in [6, 6.07) is 0. The molecule has 1 unspecified atom stereocenters. The van der Waals surface area contributed by atoms with E-state index in [2.05, 4.69) is 10.4 Å². The van der Waals surface area contributed by atoms with E-state index >= 15 is 0 Å². The average Bonchev–Trinajstić information content (AvgIpc) is 2.72. The lowest BCUT2D eigenvalue weighted by atomic mass is 10.5. The molecular formula is C19H34O11P-. The zero-order valence-electron chi connectivity index (χ0n) is 18.1. The van der Waals surface area contributed by atoms with E-state index in [-0.39, 0.29) is 45.4 Å². The van der Waals surface area contributed by atoms with Crippen LogP contribution in [0.25, 0.3) is 0 Å². The van der Waals surface area contributed by atoms with Gasteiger partial charge in [-0.25, -0.2) is 0 Å². The summed E-state index contributed by atoms with van der Waals surface area (Å²) in [6.07, 6.45) is 5.17. The number of ether oxygens (including phenoxy) is 7. The fourth-order valence-corrected chi connectivity index (χ4v) is 2.22. The van der Waals surface area contributed by atoms with E-state index in [1.165, 1.54) is 0 Å². The predicted octanol–water partition coefficient (Wildman–Crippen LogP) is -0.148. The number of terminal acetylenes is 1. The Morgan fingerprint density at radius 3 is 1.58 bits per heavy atom. The van der Waals surface area contributed by atoms with Gasteiger partial charge in [0.2, 0.25) is 0 Å². The zero-order valence-corrected chi connectivity index (χ0v) is 19.0. The van der Waals surface area contributed by atoms with Gasteiger partial charge >= 0.3 is 5.97 Å². The highest BCUT2D eigenvalue weighted by Gasteiger charge is 2.02. The Bertz CT molecular complexity index is 504. The van der Waals surface area contributed by atoms with E-state index in [9.17, 15) is 14.3 Å². The first-order chi connectivity index (χ1) is 15.0. The molecule has 12 heteroatoms. The molecule has 0 fully saturated rings. The largest absolute Gasteiger partial charge is 0.779 e. The SMILES string of the molecule is C#CCOCCC(=O)OCCOCCOCCOCCOCCOCCOP(C)(=O)[O-]. The van der Waals surface area contributed by atoms with Crippen LogP contribution in [-0.2, 0) is 47.0 Å². The van der Waals surface area contributed by atoms with Crippen molar-refractivity contribution in [2.45, 2.75) is 6.42 Å². The maximum atomic E-state index is 11.3. The summed E-state index contributed by atoms with van der Waals surface area (Å²) >= 11 is 0. The summed E-state index contributed by atoms with van der Waals surface area (Å²) in [5.41, 5.74) is 0. The quantitative estimate of drug-likeness (QED) is 0.0857. The predicted molar refractivity (Wildman–Crippen MR) is 109 cm³/mol. The van der Waals surface area contributed by atoms with Crippen molar-refractivity contribution < 1.29 is 51.9 Å². The molecule has 31 heavy (non-hydrogen) atoms. The summed E-state index contributed by atoms with van der Waals surface area (Å²) in [4.78, 5) is 22.1. The summed E-state index contributed by atoms with van der Waals surface area (Å²) < 4.78 is 51.6. The summed E-state index contributed by atoms with van der Waals surface area (Å²) in [6.45, 7) is 5.34. The Morgan fingerprint density at radius 1 is 0.742 bits per heavy atom. The smallest absolute Gasteiger partial charge is 0.308 e. The van der Waals surface area contributed by atoms with Crippen LogP contribution < -0.4 is 4.89 Å². The van der Waals surface area contributed by atoms with Gasteiger partial charge in [-0.2, -0.15) is 0 Å². The standard InChI is InChI=1S/C19H35O11P/c1-3-5-23-6-4-19(20)29-17-15-27-13-11-25-9-7-24-8-10-26-12-14-28-16-18-30-31(2,21)22/h1H,4-18H2,2H3,(H,21,22)/p-1. The van der Waals surface area contributed by atoms with Crippen molar-refractivity contribution >= 4 is 13.6 Å². The summed E-state index contributed by atoms with van der Waals surface area (Å²) in [5.74, 6) is 1.95. The Labute approximate surface area is 184 Å². The number of carbonyl (C=O) groups excluding carboxylic acids is 1. The monoisotopic (exact) mass is 469 g/mol. The van der Waals surface area contributed by atoms with Crippen LogP contribution >= 0.6 is 7.60 Å². The molecule has 0 saturated carbocycles. The lowest BCUT2D eigenvalue weighted by Gasteiger charge is -2.17. The van der Waals surface area contributed by atoms with Gasteiger partial charge in [0, 0.05) is 6.66 Å². The lowest BCUT2D eigenvalue weighted by molar-refractivity contribution is -0.197. The number of rotatable bonds is 23. The molecule has 0 aliphatic rings. The molecule has 0 bridgehead atoms. The summed E-state index contributed by atoms with van der Waals surface area (Å²) in [5, 5.41) is 0. The third kappa shape index (κ3) is 26.9. The normalized spacial score (nSPS) is 12.9. The zero-order chi connectivity index (χ0) is 23.0. The fraction of sp³-hybridized carbons (Fsp3) is 0.842. The Hall–Kier alpha value is -1.06. The minimum Gasteiger partial charge on any atom is -0.779 e. The highest BCUT2D eigenvalue weighted by Crippen LogP contribution is 2.30. The molecule has 0 aliphatic heterocycles. The minimum atomic E-state index is -3.68. The lowest BCUT2D eigenvalue weighted by Crippen LogP contribution is -2.15. The second kappa shape index (κ2) is 22.1. The average molecular weight is 469 g/mol. The third-order valence-electron chi connectivity index (χ3n) is 3.17. The van der Waals surface area contributed by atoms with E-state index < -0.39 is 7.60 Å². The van der Waals surface area contributed by atoms with Crippen LogP contribution in [0.2, 0.25) is 0 Å². The van der Waals surface area contributed by atoms with Gasteiger partial charge in [-0.05, 0) is 0 Å². The molecule has 0 aromatic heterocycles. The molecule has 11 nitrogen and oxygen atoms in total. The van der Waals surface area contributed by atoms with Crippen molar-refractivity contribution in [2.75, 3.05) is 99.2 Å². The minimum absolute atomic E-state index is 0.00291. The van der Waals surface area contributed by atoms with Crippen molar-refractivity contribution in [1.82, 2.24) is 0 Å². The Balaban J connectivity index is 3.13. The van der Waals surface area contributed by atoms with Crippen molar-refractivity contribution in [3.05, 3.63) is 0 Å². The van der Waals surface area contributed by atoms with Crippen LogP contribution in [0.3, 0.4) is 0 Å². The van der Waals surface area contributed by atoms with Gasteiger partial charge in [0.05, 0.1) is 85.7 Å². The number of hydrogen-bond acceptors (Lipinski definition) is 11. The number of hydrogen-bond donors (Lipinski definition) is 0. The molecule has 0 radical (unpaired) electrons. The molecule has 0 N–H and O–H groups in total. The van der Waals surface area contributed by atoms with E-state index in [1.807, 2.05) is 0 Å². The molecule has 0 spiro atoms. The van der Waals surface area contributed by atoms with Gasteiger partial charge in [-0.15, -0.1) is 6.42 Å². The summed E-state index contributed by atoms with van der Waals surface area (Å²) in [7, 11) is -3.68. The van der Waals surface area contributed by atoms with E-state index in [1.54, 1.807) is 0 Å². The number of carbonyl (C=O) groups is 1. The fourth-order valence-electron chi connectivity index (χ4n) is 1.82. The van der Waals surface area contributed by atoms with Crippen LogP contribution in [0.4, 0.5) is 0 Å². The maximum absolute atomic E-state index is 11.3. The van der Waals surface area contributed by atoms with Crippen molar-refractivity contribution in [3.8, 4) is 12.3 Å². The third-order valence-corrected chi connectivity index (χ3v) is 3.82. The highest BCUT2D eigenvalue weighted by molar-refractivity contribution is 7.50. The Morgan fingerprint density at radius 2 is 1.16 bits per heavy atom. The second-order valence-corrected chi connectivity index (χ2v) is 7.69. The maximum Gasteiger partial charge on any atom is 0.308 e. The van der Waals surface area contributed by atoms with E-state index in [0.29, 0.717) is 59.5 Å². The number of esters is 1. The van der Waals surface area contributed by atoms with Gasteiger partial charge in [0.15, 0.2) is 0 Å². The van der Waals surface area contributed by atoms with Gasteiger partial charge in [0.1, 0.15) is 20.8 Å². The molecule has 0 aromatic carbocycles. The second-order valence-electron chi connectivity index (χ2n) is 5.89. The van der Waals surface area contributed by atoms with E-state index in [0.717, 1.165) is 6.66 Å². The molecule has 0 amide bonds. The van der Waals surface area contributed by atoms with Crippen LogP contribution in [0.1, 0.15) is 6.42 Å². The van der Waals surface area contributed by atoms with Crippen LogP contribution in [0, 0.1) is 12.3 Å². The molecule has 0 saturated heterocycles. The highest BCUT2D eigenvalue weighted by atomic mass is 31.2.